The lowest BCUT2D eigenvalue weighted by molar-refractivity contribution is -0.149. The molecule has 0 aromatic heterocycles. The van der Waals surface area contributed by atoms with Crippen LogP contribution in [0.25, 0.3) is 0 Å². The highest BCUT2D eigenvalue weighted by atomic mass is 16.5. The second-order valence-corrected chi connectivity index (χ2v) is 5.91. The lowest BCUT2D eigenvalue weighted by Gasteiger charge is -2.34. The molecule has 1 aliphatic rings. The van der Waals surface area contributed by atoms with Crippen LogP contribution < -0.4 is 5.32 Å². The van der Waals surface area contributed by atoms with Crippen molar-refractivity contribution in [3.8, 4) is 6.07 Å². The van der Waals surface area contributed by atoms with Crippen LogP contribution in [0.5, 0.6) is 0 Å². The Morgan fingerprint density at radius 1 is 1.25 bits per heavy atom. The predicted octanol–water partition coefficient (Wildman–Crippen LogP) is 2.93. The van der Waals surface area contributed by atoms with E-state index in [9.17, 15) is 14.9 Å². The molecule has 1 aromatic rings. The lowest BCUT2D eigenvalue weighted by Crippen LogP contribution is -2.50. The first-order valence-electron chi connectivity index (χ1n) is 8.15. The number of alkyl carbamates (subject to hydrolysis) is 1. The van der Waals surface area contributed by atoms with Gasteiger partial charge in [0.05, 0.1) is 18.6 Å². The summed E-state index contributed by atoms with van der Waals surface area (Å²) in [5.41, 5.74) is -0.0961. The average Bonchev–Trinajstić information content (AvgIpc) is 2.61. The van der Waals surface area contributed by atoms with Gasteiger partial charge in [-0.2, -0.15) is 5.26 Å². The van der Waals surface area contributed by atoms with Gasteiger partial charge in [0.1, 0.15) is 12.1 Å². The summed E-state index contributed by atoms with van der Waals surface area (Å²) >= 11 is 0. The molecule has 0 saturated heterocycles. The molecule has 0 unspecified atom stereocenters. The zero-order valence-electron chi connectivity index (χ0n) is 13.8. The fraction of sp³-hybridized carbons (Fsp3) is 0.500. The Balaban J connectivity index is 1.84. The normalized spacial score (nSPS) is 22.9. The molecule has 0 atom stereocenters. The van der Waals surface area contributed by atoms with Crippen molar-refractivity contribution in [3.63, 3.8) is 0 Å². The molecule has 1 amide bonds. The third-order valence-electron chi connectivity index (χ3n) is 4.23. The third kappa shape index (κ3) is 4.72. The van der Waals surface area contributed by atoms with Crippen LogP contribution >= 0.6 is 0 Å². The van der Waals surface area contributed by atoms with Gasteiger partial charge in [-0.1, -0.05) is 30.3 Å². The summed E-state index contributed by atoms with van der Waals surface area (Å²) in [5.74, 6) is -0.427. The number of ether oxygens (including phenoxy) is 2. The van der Waals surface area contributed by atoms with E-state index in [1.54, 1.807) is 6.92 Å². The molecule has 1 aromatic carbocycles. The number of nitrogens with one attached hydrogen (secondary N) is 1. The fourth-order valence-electron chi connectivity index (χ4n) is 2.83. The van der Waals surface area contributed by atoms with Gasteiger partial charge in [0.2, 0.25) is 0 Å². The molecule has 0 aliphatic heterocycles. The van der Waals surface area contributed by atoms with Crippen molar-refractivity contribution >= 4 is 12.1 Å². The SMILES string of the molecule is CCOC(=O)C1CCC(C#N)(NC(=O)OCc2ccccc2)CC1. The third-order valence-corrected chi connectivity index (χ3v) is 4.23. The average molecular weight is 330 g/mol. The van der Waals surface area contributed by atoms with Crippen molar-refractivity contribution in [2.75, 3.05) is 6.61 Å². The standard InChI is InChI=1S/C18H22N2O4/c1-2-23-16(21)15-8-10-18(13-19,11-9-15)20-17(22)24-12-14-6-4-3-5-7-14/h3-7,15H,2,8-12H2,1H3,(H,20,22). The van der Waals surface area contributed by atoms with E-state index in [2.05, 4.69) is 11.4 Å². The molecule has 1 N–H and O–H groups in total. The number of amides is 1. The highest BCUT2D eigenvalue weighted by Crippen LogP contribution is 2.32. The highest BCUT2D eigenvalue weighted by molar-refractivity contribution is 5.73. The molecule has 1 saturated carbocycles. The molecule has 6 nitrogen and oxygen atoms in total. The smallest absolute Gasteiger partial charge is 0.408 e. The van der Waals surface area contributed by atoms with Gasteiger partial charge >= 0.3 is 12.1 Å². The van der Waals surface area contributed by atoms with Crippen molar-refractivity contribution in [2.24, 2.45) is 5.92 Å². The molecule has 128 valence electrons. The quantitative estimate of drug-likeness (QED) is 0.839. The molecule has 24 heavy (non-hydrogen) atoms. The van der Waals surface area contributed by atoms with Crippen LogP contribution in [0.3, 0.4) is 0 Å². The highest BCUT2D eigenvalue weighted by Gasteiger charge is 2.39. The van der Waals surface area contributed by atoms with Crippen LogP contribution in [0.2, 0.25) is 0 Å². The minimum atomic E-state index is -0.975. The number of esters is 1. The van der Waals surface area contributed by atoms with Crippen molar-refractivity contribution in [1.29, 1.82) is 5.26 Å². The molecule has 0 bridgehead atoms. The first-order chi connectivity index (χ1) is 11.6. The number of rotatable bonds is 5. The monoisotopic (exact) mass is 330 g/mol. The zero-order valence-corrected chi connectivity index (χ0v) is 13.8. The summed E-state index contributed by atoms with van der Waals surface area (Å²) in [6.45, 7) is 2.27. The van der Waals surface area contributed by atoms with Gasteiger partial charge in [0, 0.05) is 0 Å². The maximum absolute atomic E-state index is 12.0. The largest absolute Gasteiger partial charge is 0.466 e. The van der Waals surface area contributed by atoms with Crippen molar-refractivity contribution < 1.29 is 19.1 Å². The summed E-state index contributed by atoms with van der Waals surface area (Å²) < 4.78 is 10.2. The molecule has 0 spiro atoms. The summed E-state index contributed by atoms with van der Waals surface area (Å²) in [6, 6.07) is 11.5. The second-order valence-electron chi connectivity index (χ2n) is 5.91. The number of nitrogens with zero attached hydrogens (tertiary/aromatic N) is 1. The predicted molar refractivity (Wildman–Crippen MR) is 86.7 cm³/mol. The van der Waals surface area contributed by atoms with Gasteiger partial charge in [0.15, 0.2) is 0 Å². The maximum Gasteiger partial charge on any atom is 0.408 e. The molecular weight excluding hydrogens is 308 g/mol. The Hall–Kier alpha value is -2.55. The Labute approximate surface area is 141 Å². The Kier molecular flexibility index (Phi) is 6.19. The fourth-order valence-corrected chi connectivity index (χ4v) is 2.83. The number of carbonyl (C=O) groups is 2. The van der Waals surface area contributed by atoms with Gasteiger partial charge in [-0.3, -0.25) is 4.79 Å². The Bertz CT molecular complexity index is 601. The van der Waals surface area contributed by atoms with Crippen LogP contribution in [0.15, 0.2) is 30.3 Å². The summed E-state index contributed by atoms with van der Waals surface area (Å²) in [7, 11) is 0. The van der Waals surface area contributed by atoms with Crippen LogP contribution in [0.1, 0.15) is 38.2 Å². The minimum Gasteiger partial charge on any atom is -0.466 e. The molecule has 1 fully saturated rings. The maximum atomic E-state index is 12.0. The van der Waals surface area contributed by atoms with Gasteiger partial charge in [-0.05, 0) is 38.2 Å². The van der Waals surface area contributed by atoms with E-state index in [0.29, 0.717) is 32.3 Å². The van der Waals surface area contributed by atoms with Gasteiger partial charge in [-0.15, -0.1) is 0 Å². The van der Waals surface area contributed by atoms with E-state index >= 15 is 0 Å². The number of nitriles is 1. The Morgan fingerprint density at radius 2 is 1.92 bits per heavy atom. The summed E-state index contributed by atoms with van der Waals surface area (Å²) in [6.07, 6.45) is 1.24. The number of hydrogen-bond donors (Lipinski definition) is 1. The number of carbonyl (C=O) groups excluding carboxylic acids is 2. The molecule has 6 heteroatoms. The van der Waals surface area contributed by atoms with Crippen molar-refractivity contribution in [3.05, 3.63) is 35.9 Å². The van der Waals surface area contributed by atoms with E-state index in [0.717, 1.165) is 5.56 Å². The minimum absolute atomic E-state index is 0.152. The van der Waals surface area contributed by atoms with E-state index in [-0.39, 0.29) is 18.5 Å². The van der Waals surface area contributed by atoms with Gasteiger partial charge < -0.3 is 14.8 Å². The van der Waals surface area contributed by atoms with Crippen molar-refractivity contribution in [1.82, 2.24) is 5.32 Å². The van der Waals surface area contributed by atoms with Crippen LogP contribution in [-0.2, 0) is 20.9 Å². The van der Waals surface area contributed by atoms with E-state index in [4.69, 9.17) is 9.47 Å². The van der Waals surface area contributed by atoms with Gasteiger partial charge in [-0.25, -0.2) is 4.79 Å². The first-order valence-corrected chi connectivity index (χ1v) is 8.15. The van der Waals surface area contributed by atoms with E-state index in [1.165, 1.54) is 0 Å². The Morgan fingerprint density at radius 3 is 2.50 bits per heavy atom. The number of benzene rings is 1. The summed E-state index contributed by atoms with van der Waals surface area (Å²) in [4.78, 5) is 23.8. The first kappa shape index (κ1) is 17.8. The zero-order chi connectivity index (χ0) is 17.4. The lowest BCUT2D eigenvalue weighted by atomic mass is 9.77. The van der Waals surface area contributed by atoms with E-state index in [1.807, 2.05) is 30.3 Å². The van der Waals surface area contributed by atoms with Crippen LogP contribution in [-0.4, -0.2) is 24.2 Å². The molecule has 0 radical (unpaired) electrons. The molecule has 2 rings (SSSR count). The topological polar surface area (TPSA) is 88.4 Å². The second kappa shape index (κ2) is 8.34. The van der Waals surface area contributed by atoms with Crippen LogP contribution in [0.4, 0.5) is 4.79 Å². The molecule has 1 aliphatic carbocycles. The molecular formula is C18H22N2O4. The van der Waals surface area contributed by atoms with E-state index < -0.39 is 11.6 Å². The summed E-state index contributed by atoms with van der Waals surface area (Å²) in [5, 5.41) is 12.1. The molecule has 0 heterocycles. The van der Waals surface area contributed by atoms with Gasteiger partial charge in [0.25, 0.3) is 0 Å². The van der Waals surface area contributed by atoms with Crippen molar-refractivity contribution in [2.45, 2.75) is 44.8 Å². The number of hydrogen-bond acceptors (Lipinski definition) is 5. The van der Waals surface area contributed by atoms with Crippen LogP contribution in [0, 0.1) is 17.2 Å².